The zero-order chi connectivity index (χ0) is 32.6. The van der Waals surface area contributed by atoms with Crippen LogP contribution in [0.15, 0.2) is 43.0 Å². The van der Waals surface area contributed by atoms with Gasteiger partial charge < -0.3 is 14.7 Å². The predicted octanol–water partition coefficient (Wildman–Crippen LogP) is 5.64. The zero-order valence-corrected chi connectivity index (χ0v) is 24.8. The molecule has 0 radical (unpaired) electrons. The van der Waals surface area contributed by atoms with Gasteiger partial charge in [0, 0.05) is 55.9 Å². The Labute approximate surface area is 250 Å². The number of likely N-dealkylation sites (tertiary alicyclic amines) is 1. The summed E-state index contributed by atoms with van der Waals surface area (Å²) in [4.78, 5) is 24.8. The Morgan fingerprint density at radius 3 is 2.07 bits per heavy atom. The van der Waals surface area contributed by atoms with E-state index in [4.69, 9.17) is 4.74 Å². The number of aliphatic hydroxyl groups is 1. The van der Waals surface area contributed by atoms with E-state index in [9.17, 15) is 36.2 Å². The average Bonchev–Trinajstić information content (AvgIpc) is 3.49. The summed E-state index contributed by atoms with van der Waals surface area (Å²) in [5.74, 6) is -1.26. The fourth-order valence-electron chi connectivity index (χ4n) is 5.13. The van der Waals surface area contributed by atoms with Gasteiger partial charge in [0.2, 0.25) is 18.3 Å². The monoisotopic (exact) mass is 628 g/mol. The molecule has 0 aliphatic carbocycles. The number of alkyl halides is 6. The van der Waals surface area contributed by atoms with Crippen molar-refractivity contribution in [2.75, 3.05) is 11.4 Å². The van der Waals surface area contributed by atoms with Crippen molar-refractivity contribution in [2.45, 2.75) is 77.5 Å². The number of nitrogens with zero attached hydrogens (tertiary/aromatic N) is 6. The molecular formula is C29H34F6N6O3. The molecule has 240 valence electrons. The molecule has 1 aromatic carbocycles. The fourth-order valence-corrected chi connectivity index (χ4v) is 5.13. The molecule has 0 saturated carbocycles. The van der Waals surface area contributed by atoms with Crippen LogP contribution in [0.3, 0.4) is 0 Å². The van der Waals surface area contributed by atoms with E-state index in [0.717, 1.165) is 0 Å². The van der Waals surface area contributed by atoms with Crippen molar-refractivity contribution in [3.8, 4) is 11.1 Å². The van der Waals surface area contributed by atoms with Gasteiger partial charge in [0.1, 0.15) is 0 Å². The van der Waals surface area contributed by atoms with E-state index < -0.39 is 59.9 Å². The molecule has 0 bridgehead atoms. The molecule has 4 rings (SSSR count). The van der Waals surface area contributed by atoms with Crippen molar-refractivity contribution in [1.82, 2.24) is 24.6 Å². The molecule has 2 aromatic heterocycles. The number of hydrogen-bond acceptors (Lipinski definition) is 7. The molecule has 1 N–H and O–H groups in total. The third-order valence-electron chi connectivity index (χ3n) is 7.14. The third kappa shape index (κ3) is 7.86. The first-order valence-electron chi connectivity index (χ1n) is 13.9. The molecule has 1 saturated heterocycles. The summed E-state index contributed by atoms with van der Waals surface area (Å²) < 4.78 is 88.8. The maximum absolute atomic E-state index is 13.6. The lowest BCUT2D eigenvalue weighted by atomic mass is 10.0. The van der Waals surface area contributed by atoms with Gasteiger partial charge >= 0.3 is 12.4 Å². The summed E-state index contributed by atoms with van der Waals surface area (Å²) in [5.41, 5.74) is -2.70. The minimum atomic E-state index is -5.03. The lowest BCUT2D eigenvalue weighted by molar-refractivity contribution is -0.239. The van der Waals surface area contributed by atoms with Crippen molar-refractivity contribution in [2.24, 2.45) is 13.0 Å². The normalized spacial score (nSPS) is 18.6. The number of benzene rings is 1. The molecule has 3 aromatic rings. The second-order valence-corrected chi connectivity index (χ2v) is 11.8. The van der Waals surface area contributed by atoms with E-state index in [-0.39, 0.29) is 30.5 Å². The van der Waals surface area contributed by atoms with Gasteiger partial charge in [-0.3, -0.25) is 14.4 Å². The minimum absolute atomic E-state index is 0.00519. The Hall–Kier alpha value is -3.72. The Kier molecular flexibility index (Phi) is 9.31. The van der Waals surface area contributed by atoms with Crippen molar-refractivity contribution in [1.29, 1.82) is 0 Å². The summed E-state index contributed by atoms with van der Waals surface area (Å²) in [6, 6.07) is 0.939. The lowest BCUT2D eigenvalue weighted by Crippen LogP contribution is -2.47. The van der Waals surface area contributed by atoms with Crippen molar-refractivity contribution < 1.29 is 41.0 Å². The molecule has 3 atom stereocenters. The minimum Gasteiger partial charge on any atom is -0.351 e. The van der Waals surface area contributed by atoms with E-state index in [1.54, 1.807) is 44.9 Å². The predicted molar refractivity (Wildman–Crippen MR) is 148 cm³/mol. The van der Waals surface area contributed by atoms with Crippen LogP contribution in [0.2, 0.25) is 0 Å². The van der Waals surface area contributed by atoms with Gasteiger partial charge in [-0.05, 0) is 57.4 Å². The van der Waals surface area contributed by atoms with Crippen LogP contribution in [0, 0.1) is 5.92 Å². The van der Waals surface area contributed by atoms with E-state index in [1.165, 1.54) is 22.2 Å². The third-order valence-corrected chi connectivity index (χ3v) is 7.14. The smallest absolute Gasteiger partial charge is 0.351 e. The Morgan fingerprint density at radius 2 is 1.59 bits per heavy atom. The van der Waals surface area contributed by atoms with Crippen LogP contribution < -0.4 is 4.90 Å². The fraction of sp³-hybridized carbons (Fsp3) is 0.517. The number of amides is 1. The van der Waals surface area contributed by atoms with Gasteiger partial charge in [-0.2, -0.15) is 31.4 Å². The van der Waals surface area contributed by atoms with E-state index >= 15 is 0 Å². The highest BCUT2D eigenvalue weighted by atomic mass is 19.4. The molecular weight excluding hydrogens is 594 g/mol. The Balaban J connectivity index is 1.70. The first kappa shape index (κ1) is 33.2. The van der Waals surface area contributed by atoms with Gasteiger partial charge in [0.15, 0.2) is 0 Å². The average molecular weight is 629 g/mol. The molecule has 15 heteroatoms. The van der Waals surface area contributed by atoms with Crippen molar-refractivity contribution in [3.63, 3.8) is 0 Å². The quantitative estimate of drug-likeness (QED) is 0.242. The summed E-state index contributed by atoms with van der Waals surface area (Å²) >= 11 is 0. The number of ether oxygens (including phenoxy) is 1. The van der Waals surface area contributed by atoms with Crippen LogP contribution in [-0.4, -0.2) is 60.3 Å². The summed E-state index contributed by atoms with van der Waals surface area (Å²) in [7, 11) is 1.72. The van der Waals surface area contributed by atoms with Crippen LogP contribution in [0.5, 0.6) is 0 Å². The molecule has 0 spiro atoms. The molecule has 3 heterocycles. The Morgan fingerprint density at radius 1 is 1.00 bits per heavy atom. The largest absolute Gasteiger partial charge is 0.416 e. The first-order chi connectivity index (χ1) is 20.4. The highest BCUT2D eigenvalue weighted by Crippen LogP contribution is 2.37. The van der Waals surface area contributed by atoms with Crippen molar-refractivity contribution >= 4 is 11.9 Å². The SMILES string of the molecule is CC[C@@H]1CC(CN(Cc2cc(C(F)(F)F)cc(C(F)(F)F)c2)c2ncc(-c3cnn(C)c3)cn2)C(=O)N1C(O)OC(C)(C)C. The van der Waals surface area contributed by atoms with Crippen LogP contribution in [-0.2, 0) is 35.5 Å². The van der Waals surface area contributed by atoms with Gasteiger partial charge in [0.05, 0.1) is 28.8 Å². The number of aryl methyl sites for hydroxylation is 1. The van der Waals surface area contributed by atoms with Crippen molar-refractivity contribution in [3.05, 3.63) is 59.7 Å². The topological polar surface area (TPSA) is 96.6 Å². The van der Waals surface area contributed by atoms with Gasteiger partial charge in [0.25, 0.3) is 0 Å². The summed E-state index contributed by atoms with van der Waals surface area (Å²) in [6.45, 7) is 6.38. The summed E-state index contributed by atoms with van der Waals surface area (Å²) in [5, 5.41) is 14.8. The van der Waals surface area contributed by atoms with Crippen LogP contribution in [0.1, 0.15) is 57.2 Å². The maximum atomic E-state index is 13.6. The number of carbonyl (C=O) groups excluding carboxylic acids is 1. The second-order valence-electron chi connectivity index (χ2n) is 11.8. The standard InChI is InChI=1S/C29H34F6N6O3/c1-6-23-9-18(24(42)41(23)26(43)44-27(2,3)4)16-40(25-36-11-19(12-37-25)20-13-38-39(5)15-20)14-17-7-21(28(30,31)32)10-22(8-17)29(33,34)35/h7-8,10-13,15,18,23,26,43H,6,9,14,16H2,1-5H3/t18?,23-,26?/m1/s1. The van der Waals surface area contributed by atoms with Gasteiger partial charge in [-0.1, -0.05) is 6.92 Å². The number of rotatable bonds is 9. The maximum Gasteiger partial charge on any atom is 0.416 e. The molecule has 1 fully saturated rings. The Bertz CT molecular complexity index is 1420. The molecule has 1 aliphatic heterocycles. The van der Waals surface area contributed by atoms with Crippen LogP contribution in [0.4, 0.5) is 32.3 Å². The van der Waals surface area contributed by atoms with E-state index in [1.807, 2.05) is 6.92 Å². The highest BCUT2D eigenvalue weighted by Gasteiger charge is 2.44. The van der Waals surface area contributed by atoms with Gasteiger partial charge in [-0.15, -0.1) is 0 Å². The highest BCUT2D eigenvalue weighted by molar-refractivity contribution is 5.82. The van der Waals surface area contributed by atoms with Crippen LogP contribution in [0.25, 0.3) is 11.1 Å². The second kappa shape index (κ2) is 12.3. The number of aromatic nitrogens is 4. The molecule has 9 nitrogen and oxygen atoms in total. The number of aliphatic hydroxyl groups excluding tert-OH is 1. The molecule has 1 aliphatic rings. The number of hydrogen-bond donors (Lipinski definition) is 1. The zero-order valence-electron chi connectivity index (χ0n) is 24.8. The van der Waals surface area contributed by atoms with E-state index in [2.05, 4.69) is 15.1 Å². The van der Waals surface area contributed by atoms with Gasteiger partial charge in [-0.25, -0.2) is 9.97 Å². The first-order valence-corrected chi connectivity index (χ1v) is 13.9. The van der Waals surface area contributed by atoms with E-state index in [0.29, 0.717) is 29.7 Å². The number of anilines is 1. The molecule has 2 unspecified atom stereocenters. The van der Waals surface area contributed by atoms with Crippen LogP contribution >= 0.6 is 0 Å². The summed E-state index contributed by atoms with van der Waals surface area (Å²) in [6.07, 6.45) is -4.64. The molecule has 1 amide bonds. The number of carbonyl (C=O) groups is 1. The molecule has 44 heavy (non-hydrogen) atoms. The number of halogens is 6. The lowest BCUT2D eigenvalue weighted by Gasteiger charge is -2.33.